The predicted molar refractivity (Wildman–Crippen MR) is 77.7 cm³/mol. The van der Waals surface area contributed by atoms with E-state index in [1.165, 1.54) is 7.11 Å². The maximum absolute atomic E-state index is 11.6. The van der Waals surface area contributed by atoms with Crippen molar-refractivity contribution in [2.24, 2.45) is 7.05 Å². The molecule has 1 aromatic heterocycles. The summed E-state index contributed by atoms with van der Waals surface area (Å²) in [6.45, 7) is 2.57. The fourth-order valence-electron chi connectivity index (χ4n) is 2.74. The van der Waals surface area contributed by atoms with E-state index in [0.717, 1.165) is 23.1 Å². The second-order valence-electron chi connectivity index (χ2n) is 5.21. The third-order valence-electron chi connectivity index (χ3n) is 3.82. The van der Waals surface area contributed by atoms with Gasteiger partial charge in [-0.25, -0.2) is 4.79 Å². The van der Waals surface area contributed by atoms with Crippen LogP contribution in [0.4, 0.5) is 0 Å². The topological polar surface area (TPSA) is 56.6 Å². The SMILES string of the molecule is COC(=O)C1CN(Cc2nn(C)c3ccccc23)CCO1. The Morgan fingerprint density at radius 3 is 3.10 bits per heavy atom. The van der Waals surface area contributed by atoms with Gasteiger partial charge in [0.2, 0.25) is 0 Å². The van der Waals surface area contributed by atoms with Crippen molar-refractivity contribution in [3.63, 3.8) is 0 Å². The van der Waals surface area contributed by atoms with Crippen LogP contribution in [0.1, 0.15) is 5.69 Å². The molecule has 112 valence electrons. The first-order chi connectivity index (χ1) is 10.2. The number of methoxy groups -OCH3 is 1. The molecule has 3 rings (SSSR count). The standard InChI is InChI=1S/C15H19N3O3/c1-17-13-6-4-3-5-11(13)12(16-17)9-18-7-8-21-14(10-18)15(19)20-2/h3-6,14H,7-10H2,1-2H3. The van der Waals surface area contributed by atoms with Crippen molar-refractivity contribution in [2.75, 3.05) is 26.8 Å². The Balaban J connectivity index is 1.77. The summed E-state index contributed by atoms with van der Waals surface area (Å²) in [7, 11) is 3.33. The number of nitrogens with zero attached hydrogens (tertiary/aromatic N) is 3. The lowest BCUT2D eigenvalue weighted by atomic mass is 10.2. The third-order valence-corrected chi connectivity index (χ3v) is 3.82. The molecule has 21 heavy (non-hydrogen) atoms. The van der Waals surface area contributed by atoms with Crippen molar-refractivity contribution < 1.29 is 14.3 Å². The van der Waals surface area contributed by atoms with Crippen LogP contribution >= 0.6 is 0 Å². The molecule has 1 saturated heterocycles. The Hall–Kier alpha value is -1.92. The zero-order chi connectivity index (χ0) is 14.8. The first-order valence-corrected chi connectivity index (χ1v) is 7.01. The quantitative estimate of drug-likeness (QED) is 0.787. The lowest BCUT2D eigenvalue weighted by Crippen LogP contribution is -2.46. The smallest absolute Gasteiger partial charge is 0.336 e. The van der Waals surface area contributed by atoms with Gasteiger partial charge in [0, 0.05) is 32.1 Å². The molecule has 1 aromatic carbocycles. The van der Waals surface area contributed by atoms with Gasteiger partial charge in [-0.05, 0) is 6.07 Å². The molecule has 0 bridgehead atoms. The van der Waals surface area contributed by atoms with Crippen molar-refractivity contribution >= 4 is 16.9 Å². The van der Waals surface area contributed by atoms with E-state index in [9.17, 15) is 4.79 Å². The second-order valence-corrected chi connectivity index (χ2v) is 5.21. The summed E-state index contributed by atoms with van der Waals surface area (Å²) in [6, 6.07) is 8.16. The Bertz CT molecular complexity index is 653. The highest BCUT2D eigenvalue weighted by Gasteiger charge is 2.28. The number of carbonyl (C=O) groups excluding carboxylic acids is 1. The van der Waals surface area contributed by atoms with Gasteiger partial charge >= 0.3 is 5.97 Å². The molecule has 2 aromatic rings. The van der Waals surface area contributed by atoms with Gasteiger partial charge in [0.15, 0.2) is 6.10 Å². The third kappa shape index (κ3) is 2.77. The number of ether oxygens (including phenoxy) is 2. The Morgan fingerprint density at radius 1 is 1.48 bits per heavy atom. The van der Waals surface area contributed by atoms with Gasteiger partial charge in [0.1, 0.15) is 0 Å². The number of morpholine rings is 1. The number of benzene rings is 1. The van der Waals surface area contributed by atoms with Crippen molar-refractivity contribution in [1.82, 2.24) is 14.7 Å². The van der Waals surface area contributed by atoms with Crippen LogP contribution in [-0.2, 0) is 27.9 Å². The van der Waals surface area contributed by atoms with Crippen LogP contribution in [0.3, 0.4) is 0 Å². The van der Waals surface area contributed by atoms with Gasteiger partial charge in [-0.15, -0.1) is 0 Å². The van der Waals surface area contributed by atoms with Crippen LogP contribution in [0.5, 0.6) is 0 Å². The van der Waals surface area contributed by atoms with Gasteiger partial charge in [-0.2, -0.15) is 5.10 Å². The Morgan fingerprint density at radius 2 is 2.29 bits per heavy atom. The van der Waals surface area contributed by atoms with E-state index in [4.69, 9.17) is 9.47 Å². The highest BCUT2D eigenvalue weighted by Crippen LogP contribution is 2.20. The highest BCUT2D eigenvalue weighted by atomic mass is 16.6. The van der Waals surface area contributed by atoms with Crippen LogP contribution in [-0.4, -0.2) is 53.6 Å². The van der Waals surface area contributed by atoms with E-state index in [-0.39, 0.29) is 5.97 Å². The minimum Gasteiger partial charge on any atom is -0.467 e. The minimum absolute atomic E-state index is 0.314. The van der Waals surface area contributed by atoms with E-state index >= 15 is 0 Å². The predicted octanol–water partition coefficient (Wildman–Crippen LogP) is 0.947. The number of esters is 1. The summed E-state index contributed by atoms with van der Waals surface area (Å²) >= 11 is 0. The molecule has 1 fully saturated rings. The number of rotatable bonds is 3. The first kappa shape index (κ1) is 14.0. The monoisotopic (exact) mass is 289 g/mol. The average Bonchev–Trinajstić information content (AvgIpc) is 2.83. The van der Waals surface area contributed by atoms with E-state index in [2.05, 4.69) is 22.1 Å². The molecule has 6 heteroatoms. The molecule has 1 aliphatic rings. The zero-order valence-electron chi connectivity index (χ0n) is 12.3. The van der Waals surface area contributed by atoms with Gasteiger partial charge in [0.05, 0.1) is 24.9 Å². The van der Waals surface area contributed by atoms with Crippen LogP contribution in [0, 0.1) is 0 Å². The number of para-hydroxylation sites is 1. The largest absolute Gasteiger partial charge is 0.467 e. The maximum atomic E-state index is 11.6. The molecular weight excluding hydrogens is 270 g/mol. The molecule has 0 radical (unpaired) electrons. The van der Waals surface area contributed by atoms with E-state index < -0.39 is 6.10 Å². The van der Waals surface area contributed by atoms with Gasteiger partial charge < -0.3 is 9.47 Å². The lowest BCUT2D eigenvalue weighted by Gasteiger charge is -2.30. The minimum atomic E-state index is -0.501. The van der Waals surface area contributed by atoms with Crippen molar-refractivity contribution in [3.05, 3.63) is 30.0 Å². The molecule has 0 amide bonds. The Labute approximate surface area is 123 Å². The summed E-state index contributed by atoms with van der Waals surface area (Å²) in [5.41, 5.74) is 2.14. The number of carbonyl (C=O) groups is 1. The number of aryl methyl sites for hydroxylation is 1. The molecule has 2 heterocycles. The molecule has 1 atom stereocenters. The average molecular weight is 289 g/mol. The van der Waals surface area contributed by atoms with E-state index in [1.54, 1.807) is 0 Å². The number of aromatic nitrogens is 2. The maximum Gasteiger partial charge on any atom is 0.336 e. The summed E-state index contributed by atoms with van der Waals surface area (Å²) in [6.07, 6.45) is -0.501. The van der Waals surface area contributed by atoms with Gasteiger partial charge in [0.25, 0.3) is 0 Å². The highest BCUT2D eigenvalue weighted by molar-refractivity contribution is 5.81. The summed E-state index contributed by atoms with van der Waals surface area (Å²) in [5, 5.41) is 5.75. The lowest BCUT2D eigenvalue weighted by molar-refractivity contribution is -0.160. The molecule has 1 aliphatic heterocycles. The van der Waals surface area contributed by atoms with E-state index in [0.29, 0.717) is 19.7 Å². The first-order valence-electron chi connectivity index (χ1n) is 7.01. The second kappa shape index (κ2) is 5.83. The molecule has 6 nitrogen and oxygen atoms in total. The fraction of sp³-hybridized carbons (Fsp3) is 0.467. The van der Waals surface area contributed by atoms with Gasteiger partial charge in [-0.3, -0.25) is 9.58 Å². The number of fused-ring (bicyclic) bond motifs is 1. The van der Waals surface area contributed by atoms with Crippen molar-refractivity contribution in [2.45, 2.75) is 12.6 Å². The van der Waals surface area contributed by atoms with E-state index in [1.807, 2.05) is 23.9 Å². The molecular formula is C15H19N3O3. The van der Waals surface area contributed by atoms with Crippen LogP contribution in [0.25, 0.3) is 10.9 Å². The summed E-state index contributed by atoms with van der Waals surface area (Å²) < 4.78 is 12.1. The molecule has 0 saturated carbocycles. The van der Waals surface area contributed by atoms with Gasteiger partial charge in [-0.1, -0.05) is 18.2 Å². The fourth-order valence-corrected chi connectivity index (χ4v) is 2.74. The molecule has 0 spiro atoms. The molecule has 0 N–H and O–H groups in total. The van der Waals surface area contributed by atoms with Crippen LogP contribution in [0.15, 0.2) is 24.3 Å². The van der Waals surface area contributed by atoms with Crippen molar-refractivity contribution in [3.8, 4) is 0 Å². The molecule has 1 unspecified atom stereocenters. The summed E-state index contributed by atoms with van der Waals surface area (Å²) in [4.78, 5) is 13.8. The normalized spacial score (nSPS) is 19.8. The molecule has 0 aliphatic carbocycles. The summed E-state index contributed by atoms with van der Waals surface area (Å²) in [5.74, 6) is -0.314. The number of hydrogen-bond donors (Lipinski definition) is 0. The Kier molecular flexibility index (Phi) is 3.90. The zero-order valence-corrected chi connectivity index (χ0v) is 12.3. The number of hydrogen-bond acceptors (Lipinski definition) is 5. The van der Waals surface area contributed by atoms with Crippen LogP contribution < -0.4 is 0 Å². The van der Waals surface area contributed by atoms with Crippen molar-refractivity contribution in [1.29, 1.82) is 0 Å². The van der Waals surface area contributed by atoms with Crippen LogP contribution in [0.2, 0.25) is 0 Å².